The number of carboxylic acids is 1. The van der Waals surface area contributed by atoms with E-state index in [0.717, 1.165) is 55.1 Å². The summed E-state index contributed by atoms with van der Waals surface area (Å²) in [6.07, 6.45) is 2.14. The third kappa shape index (κ3) is 5.10. The number of ether oxygens (including phenoxy) is 2. The Morgan fingerprint density at radius 3 is 2.74 bits per heavy atom. The Morgan fingerprint density at radius 1 is 1.14 bits per heavy atom. The Bertz CT molecular complexity index is 1700. The molecule has 2 aromatic carbocycles. The van der Waals surface area contributed by atoms with Gasteiger partial charge in [0.1, 0.15) is 18.2 Å². The zero-order valence-corrected chi connectivity index (χ0v) is 22.9. The predicted molar refractivity (Wildman–Crippen MR) is 150 cm³/mol. The summed E-state index contributed by atoms with van der Waals surface area (Å²) in [5.74, 6) is 1.34. The van der Waals surface area contributed by atoms with Crippen LogP contribution in [0.15, 0.2) is 54.6 Å². The van der Waals surface area contributed by atoms with Gasteiger partial charge in [-0.15, -0.1) is 0 Å². The van der Waals surface area contributed by atoms with E-state index in [-0.39, 0.29) is 23.8 Å². The molecule has 42 heavy (non-hydrogen) atoms. The lowest BCUT2D eigenvalue weighted by molar-refractivity contribution is 0.0697. The lowest BCUT2D eigenvalue weighted by Gasteiger charge is -2.21. The van der Waals surface area contributed by atoms with Crippen LogP contribution in [0.5, 0.6) is 5.88 Å². The highest BCUT2D eigenvalue weighted by Crippen LogP contribution is 2.58. The van der Waals surface area contributed by atoms with Crippen LogP contribution < -0.4 is 4.74 Å². The van der Waals surface area contributed by atoms with Gasteiger partial charge in [0.25, 0.3) is 0 Å². The molecule has 0 spiro atoms. The monoisotopic (exact) mass is 567 g/mol. The van der Waals surface area contributed by atoms with Gasteiger partial charge in [0, 0.05) is 42.9 Å². The molecule has 4 heterocycles. The lowest BCUT2D eigenvalue weighted by Crippen LogP contribution is -2.27. The molecule has 0 amide bonds. The number of imidazole rings is 1. The standard InChI is InChI=1S/C32H30FN5O4/c33-25-11-19(13-34)6-7-21(25)18-42-30-5-1-4-27(36-30)31-23-15-37(16-24(23)31)17-29-35-26-9-8-20(32(39)40)12-28(26)38(29)14-22-3-2-10-41-22/h1,4-9,11-12,22-24,31H,2-3,10,14-18H2,(H,39,40)/t22-,23?,24?,31?/m0/s1. The van der Waals surface area contributed by atoms with Gasteiger partial charge in [-0.2, -0.15) is 5.26 Å². The second-order valence-electron chi connectivity index (χ2n) is 11.4. The summed E-state index contributed by atoms with van der Waals surface area (Å²) < 4.78 is 28.1. The van der Waals surface area contributed by atoms with Crippen molar-refractivity contribution in [3.05, 3.63) is 88.6 Å². The lowest BCUT2D eigenvalue weighted by atomic mass is 10.1. The summed E-state index contributed by atoms with van der Waals surface area (Å²) in [7, 11) is 0. The van der Waals surface area contributed by atoms with Gasteiger partial charge in [0.05, 0.1) is 47.4 Å². The molecule has 0 radical (unpaired) electrons. The number of hydrogen-bond acceptors (Lipinski definition) is 7. The summed E-state index contributed by atoms with van der Waals surface area (Å²) in [6, 6.07) is 17.2. The number of benzene rings is 2. The van der Waals surface area contributed by atoms with E-state index in [1.54, 1.807) is 36.4 Å². The van der Waals surface area contributed by atoms with E-state index in [0.29, 0.717) is 42.3 Å². The van der Waals surface area contributed by atoms with Gasteiger partial charge in [0.2, 0.25) is 5.88 Å². The SMILES string of the molecule is N#Cc1ccc(COc2cccc(C3C4CN(Cc5nc6ccc(C(=O)O)cc6n5C[C@@H]5CCCO5)CC43)n2)c(F)c1. The zero-order valence-electron chi connectivity index (χ0n) is 22.9. The highest BCUT2D eigenvalue weighted by atomic mass is 19.1. The number of aromatic nitrogens is 3. The van der Waals surface area contributed by atoms with Crippen molar-refractivity contribution in [2.45, 2.75) is 44.6 Å². The number of carbonyl (C=O) groups is 1. The molecular weight excluding hydrogens is 537 g/mol. The first kappa shape index (κ1) is 26.6. The number of halogens is 1. The minimum atomic E-state index is -0.946. The highest BCUT2D eigenvalue weighted by Gasteiger charge is 2.57. The van der Waals surface area contributed by atoms with Crippen molar-refractivity contribution in [2.75, 3.05) is 19.7 Å². The summed E-state index contributed by atoms with van der Waals surface area (Å²) in [5, 5.41) is 18.5. The Labute approximate surface area is 242 Å². The maximum Gasteiger partial charge on any atom is 0.335 e. The normalized spacial score (nSPS) is 23.1. The molecule has 3 fully saturated rings. The summed E-state index contributed by atoms with van der Waals surface area (Å²) in [5.41, 5.74) is 3.55. The van der Waals surface area contributed by atoms with Crippen LogP contribution in [0.2, 0.25) is 0 Å². The first-order chi connectivity index (χ1) is 20.5. The fourth-order valence-electron chi connectivity index (χ4n) is 6.59. The molecule has 1 aliphatic carbocycles. The van der Waals surface area contributed by atoms with Gasteiger partial charge in [-0.1, -0.05) is 12.1 Å². The van der Waals surface area contributed by atoms with E-state index in [9.17, 15) is 14.3 Å². The quantitative estimate of drug-likeness (QED) is 0.309. The molecule has 1 N–H and O–H groups in total. The molecule has 10 heteroatoms. The molecule has 7 rings (SSSR count). The van der Waals surface area contributed by atoms with Gasteiger partial charge >= 0.3 is 5.97 Å². The largest absolute Gasteiger partial charge is 0.478 e. The van der Waals surface area contributed by atoms with E-state index in [1.165, 1.54) is 6.07 Å². The average molecular weight is 568 g/mol. The van der Waals surface area contributed by atoms with Crippen molar-refractivity contribution in [2.24, 2.45) is 11.8 Å². The van der Waals surface area contributed by atoms with Crippen molar-refractivity contribution in [3.63, 3.8) is 0 Å². The Hall–Kier alpha value is -4.33. The second-order valence-corrected chi connectivity index (χ2v) is 11.4. The van der Waals surface area contributed by atoms with E-state index < -0.39 is 11.8 Å². The Morgan fingerprint density at radius 2 is 2.00 bits per heavy atom. The first-order valence-corrected chi connectivity index (χ1v) is 14.3. The molecule has 2 aliphatic heterocycles. The maximum atomic E-state index is 14.3. The topological polar surface area (TPSA) is 114 Å². The number of nitriles is 1. The third-order valence-electron chi connectivity index (χ3n) is 8.76. The number of nitrogens with zero attached hydrogens (tertiary/aromatic N) is 5. The first-order valence-electron chi connectivity index (χ1n) is 14.3. The fraction of sp³-hybridized carbons (Fsp3) is 0.375. The van der Waals surface area contributed by atoms with E-state index in [2.05, 4.69) is 9.47 Å². The van der Waals surface area contributed by atoms with Crippen LogP contribution >= 0.6 is 0 Å². The molecule has 2 unspecified atom stereocenters. The van der Waals surface area contributed by atoms with Gasteiger partial charge in [0.15, 0.2) is 0 Å². The van der Waals surface area contributed by atoms with E-state index in [1.807, 2.05) is 18.2 Å². The molecule has 1 saturated carbocycles. The number of likely N-dealkylation sites (tertiary alicyclic amines) is 1. The smallest absolute Gasteiger partial charge is 0.335 e. The van der Waals surface area contributed by atoms with Crippen molar-refractivity contribution < 1.29 is 23.8 Å². The van der Waals surface area contributed by atoms with Crippen LogP contribution in [0.1, 0.15) is 51.8 Å². The summed E-state index contributed by atoms with van der Waals surface area (Å²) in [6.45, 7) is 4.03. The van der Waals surface area contributed by atoms with Crippen molar-refractivity contribution in [3.8, 4) is 11.9 Å². The summed E-state index contributed by atoms with van der Waals surface area (Å²) in [4.78, 5) is 23.7. The number of fused-ring (bicyclic) bond motifs is 2. The van der Waals surface area contributed by atoms with Gasteiger partial charge in [-0.25, -0.2) is 19.2 Å². The average Bonchev–Trinajstić information content (AvgIpc) is 3.38. The van der Waals surface area contributed by atoms with Crippen LogP contribution in [0.3, 0.4) is 0 Å². The maximum absolute atomic E-state index is 14.3. The van der Waals surface area contributed by atoms with Gasteiger partial charge < -0.3 is 19.1 Å². The number of pyridine rings is 1. The minimum Gasteiger partial charge on any atom is -0.478 e. The number of rotatable bonds is 9. The fourth-order valence-corrected chi connectivity index (χ4v) is 6.59. The Kier molecular flexibility index (Phi) is 6.84. The molecule has 0 bridgehead atoms. The molecule has 9 nitrogen and oxygen atoms in total. The van der Waals surface area contributed by atoms with Crippen molar-refractivity contribution in [1.82, 2.24) is 19.4 Å². The van der Waals surface area contributed by atoms with Gasteiger partial charge in [-0.05, 0) is 61.1 Å². The molecular formula is C32H30FN5O4. The van der Waals surface area contributed by atoms with Crippen LogP contribution in [0.4, 0.5) is 4.39 Å². The molecule has 3 aliphatic rings. The predicted octanol–water partition coefficient (Wildman–Crippen LogP) is 4.74. The minimum absolute atomic E-state index is 0.0418. The Balaban J connectivity index is 1.02. The number of piperidine rings is 1. The zero-order chi connectivity index (χ0) is 28.8. The van der Waals surface area contributed by atoms with Crippen LogP contribution in [0, 0.1) is 29.0 Å². The molecule has 2 saturated heterocycles. The van der Waals surface area contributed by atoms with Crippen LogP contribution in [0.25, 0.3) is 11.0 Å². The van der Waals surface area contributed by atoms with E-state index >= 15 is 0 Å². The molecule has 3 atom stereocenters. The van der Waals surface area contributed by atoms with Crippen molar-refractivity contribution >= 4 is 17.0 Å². The molecule has 2 aromatic heterocycles. The van der Waals surface area contributed by atoms with Gasteiger partial charge in [-0.3, -0.25) is 4.90 Å². The second kappa shape index (κ2) is 10.8. The molecule has 4 aromatic rings. The highest BCUT2D eigenvalue weighted by molar-refractivity contribution is 5.92. The number of carboxylic acid groups (broad SMARTS) is 1. The molecule has 214 valence electrons. The van der Waals surface area contributed by atoms with Crippen LogP contribution in [-0.4, -0.2) is 56.3 Å². The number of aromatic carboxylic acids is 1. The van der Waals surface area contributed by atoms with E-state index in [4.69, 9.17) is 24.7 Å². The van der Waals surface area contributed by atoms with Crippen molar-refractivity contribution in [1.29, 1.82) is 5.26 Å². The van der Waals surface area contributed by atoms with Crippen LogP contribution in [-0.2, 0) is 24.4 Å². The summed E-state index contributed by atoms with van der Waals surface area (Å²) >= 11 is 0. The number of hydrogen-bond donors (Lipinski definition) is 1. The third-order valence-corrected chi connectivity index (χ3v) is 8.76.